The van der Waals surface area contributed by atoms with E-state index < -0.39 is 0 Å². The molecule has 2 nitrogen and oxygen atoms in total. The Morgan fingerprint density at radius 3 is 2.23 bits per heavy atom. The third-order valence-electron chi connectivity index (χ3n) is 5.73. The van der Waals surface area contributed by atoms with Crippen molar-refractivity contribution in [3.8, 4) is 0 Å². The second kappa shape index (κ2) is 10.3. The SMILES string of the molecule is CCCCCCCCC(I)C(=O)C1(COC)C(C)CCC1C. The zero-order valence-corrected chi connectivity index (χ0v) is 17.2. The fraction of sp³-hybridized carbons (Fsp3) is 0.947. The quantitative estimate of drug-likeness (QED) is 0.239. The molecule has 1 aliphatic carbocycles. The van der Waals surface area contributed by atoms with Crippen LogP contribution in [-0.4, -0.2) is 23.4 Å². The lowest BCUT2D eigenvalue weighted by Crippen LogP contribution is -2.46. The Morgan fingerprint density at radius 1 is 1.14 bits per heavy atom. The third kappa shape index (κ3) is 4.93. The first kappa shape index (κ1) is 20.4. The minimum absolute atomic E-state index is 0.155. The highest BCUT2D eigenvalue weighted by molar-refractivity contribution is 14.1. The van der Waals surface area contributed by atoms with E-state index in [-0.39, 0.29) is 9.34 Å². The molecule has 0 spiro atoms. The summed E-state index contributed by atoms with van der Waals surface area (Å²) in [6.45, 7) is 7.34. The van der Waals surface area contributed by atoms with E-state index in [9.17, 15) is 4.79 Å². The van der Waals surface area contributed by atoms with Crippen LogP contribution in [0.5, 0.6) is 0 Å². The number of hydrogen-bond acceptors (Lipinski definition) is 2. The molecule has 0 N–H and O–H groups in total. The molecular weight excluding hydrogens is 387 g/mol. The molecule has 1 fully saturated rings. The van der Waals surface area contributed by atoms with Crippen LogP contribution in [0.3, 0.4) is 0 Å². The van der Waals surface area contributed by atoms with E-state index in [0.717, 1.165) is 19.3 Å². The minimum atomic E-state index is -0.233. The van der Waals surface area contributed by atoms with Crippen molar-refractivity contribution >= 4 is 28.4 Å². The van der Waals surface area contributed by atoms with Crippen molar-refractivity contribution in [1.82, 2.24) is 0 Å². The maximum atomic E-state index is 13.2. The van der Waals surface area contributed by atoms with Gasteiger partial charge in [-0.2, -0.15) is 0 Å². The predicted molar refractivity (Wildman–Crippen MR) is 103 cm³/mol. The van der Waals surface area contributed by atoms with Gasteiger partial charge >= 0.3 is 0 Å². The number of ketones is 1. The number of hydrogen-bond donors (Lipinski definition) is 0. The number of alkyl halides is 1. The number of ether oxygens (including phenoxy) is 1. The fourth-order valence-corrected chi connectivity index (χ4v) is 5.13. The molecule has 0 aromatic carbocycles. The predicted octanol–water partition coefficient (Wildman–Crippen LogP) is 5.81. The van der Waals surface area contributed by atoms with Gasteiger partial charge in [0.2, 0.25) is 0 Å². The smallest absolute Gasteiger partial charge is 0.154 e. The number of carbonyl (C=O) groups excluding carboxylic acids is 1. The van der Waals surface area contributed by atoms with Gasteiger partial charge in [-0.3, -0.25) is 4.79 Å². The second-order valence-corrected chi connectivity index (χ2v) is 8.74. The minimum Gasteiger partial charge on any atom is -0.384 e. The van der Waals surface area contributed by atoms with Crippen LogP contribution in [0, 0.1) is 17.3 Å². The Labute approximate surface area is 151 Å². The van der Waals surface area contributed by atoms with E-state index in [4.69, 9.17) is 4.74 Å². The molecule has 22 heavy (non-hydrogen) atoms. The van der Waals surface area contributed by atoms with Gasteiger partial charge in [-0.1, -0.05) is 81.9 Å². The molecule has 1 aliphatic rings. The lowest BCUT2D eigenvalue weighted by molar-refractivity contribution is -0.136. The van der Waals surface area contributed by atoms with Gasteiger partial charge in [-0.25, -0.2) is 0 Å². The van der Waals surface area contributed by atoms with E-state index >= 15 is 0 Å². The van der Waals surface area contributed by atoms with Crippen molar-refractivity contribution in [2.75, 3.05) is 13.7 Å². The molecule has 0 aromatic heterocycles. The van der Waals surface area contributed by atoms with E-state index in [1.165, 1.54) is 38.5 Å². The van der Waals surface area contributed by atoms with Crippen molar-refractivity contribution in [1.29, 1.82) is 0 Å². The summed E-state index contributed by atoms with van der Waals surface area (Å²) in [5.41, 5.74) is -0.233. The fourth-order valence-electron chi connectivity index (χ4n) is 4.11. The number of rotatable bonds is 11. The first-order valence-corrected chi connectivity index (χ1v) is 10.4. The zero-order chi connectivity index (χ0) is 16.6. The second-order valence-electron chi connectivity index (χ2n) is 7.24. The molecule has 0 radical (unpaired) electrons. The van der Waals surface area contributed by atoms with Gasteiger partial charge in [0, 0.05) is 7.11 Å². The lowest BCUT2D eigenvalue weighted by atomic mass is 9.69. The van der Waals surface area contributed by atoms with Crippen molar-refractivity contribution in [2.24, 2.45) is 17.3 Å². The monoisotopic (exact) mass is 422 g/mol. The number of unbranched alkanes of at least 4 members (excludes halogenated alkanes) is 5. The van der Waals surface area contributed by atoms with Crippen molar-refractivity contribution < 1.29 is 9.53 Å². The van der Waals surface area contributed by atoms with Crippen LogP contribution in [-0.2, 0) is 9.53 Å². The molecule has 3 atom stereocenters. The Morgan fingerprint density at radius 2 is 1.68 bits per heavy atom. The average molecular weight is 422 g/mol. The number of carbonyl (C=O) groups is 1. The Hall–Kier alpha value is 0.360. The summed E-state index contributed by atoms with van der Waals surface area (Å²) in [5.74, 6) is 1.37. The van der Waals surface area contributed by atoms with Gasteiger partial charge in [0.15, 0.2) is 5.78 Å². The highest BCUT2D eigenvalue weighted by Gasteiger charge is 2.52. The molecular formula is C19H35IO2. The maximum Gasteiger partial charge on any atom is 0.154 e. The first-order chi connectivity index (χ1) is 10.5. The number of Topliss-reactive ketones (excluding diaryl/α,β-unsaturated/α-hetero) is 1. The molecule has 0 heterocycles. The molecule has 0 aliphatic heterocycles. The van der Waals surface area contributed by atoms with E-state index in [0.29, 0.717) is 24.2 Å². The number of halogens is 1. The van der Waals surface area contributed by atoms with Crippen LogP contribution in [0.2, 0.25) is 0 Å². The topological polar surface area (TPSA) is 26.3 Å². The van der Waals surface area contributed by atoms with E-state index in [1.807, 2.05) is 0 Å². The average Bonchev–Trinajstić information content (AvgIpc) is 2.79. The zero-order valence-electron chi connectivity index (χ0n) is 15.0. The molecule has 0 amide bonds. The van der Waals surface area contributed by atoms with Gasteiger partial charge in [-0.05, 0) is 31.1 Å². The maximum absolute atomic E-state index is 13.2. The van der Waals surface area contributed by atoms with Gasteiger partial charge in [0.05, 0.1) is 15.9 Å². The highest BCUT2D eigenvalue weighted by Crippen LogP contribution is 2.50. The highest BCUT2D eigenvalue weighted by atomic mass is 127. The van der Waals surface area contributed by atoms with Gasteiger partial charge in [-0.15, -0.1) is 0 Å². The molecule has 1 rings (SSSR count). The van der Waals surface area contributed by atoms with Gasteiger partial charge < -0.3 is 4.74 Å². The molecule has 3 unspecified atom stereocenters. The summed E-state index contributed by atoms with van der Waals surface area (Å²) in [4.78, 5) is 13.2. The number of methoxy groups -OCH3 is 1. The van der Waals surface area contributed by atoms with Gasteiger partial charge in [0.25, 0.3) is 0 Å². The van der Waals surface area contributed by atoms with Crippen molar-refractivity contribution in [2.45, 2.75) is 82.5 Å². The largest absolute Gasteiger partial charge is 0.384 e. The molecule has 130 valence electrons. The molecule has 0 aromatic rings. The summed E-state index contributed by atoms with van der Waals surface area (Å²) in [7, 11) is 1.74. The van der Waals surface area contributed by atoms with Gasteiger partial charge in [0.1, 0.15) is 0 Å². The molecule has 0 saturated heterocycles. The van der Waals surface area contributed by atoms with Crippen molar-refractivity contribution in [3.63, 3.8) is 0 Å². The van der Waals surface area contributed by atoms with Crippen LogP contribution < -0.4 is 0 Å². The first-order valence-electron chi connectivity index (χ1n) is 9.18. The van der Waals surface area contributed by atoms with Crippen LogP contribution in [0.4, 0.5) is 0 Å². The Balaban J connectivity index is 2.52. The summed E-state index contributed by atoms with van der Waals surface area (Å²) in [6.07, 6.45) is 11.1. The summed E-state index contributed by atoms with van der Waals surface area (Å²) < 4.78 is 5.64. The van der Waals surface area contributed by atoms with E-state index in [1.54, 1.807) is 7.11 Å². The standard InChI is InChI=1S/C19H35IO2/c1-5-6-7-8-9-10-11-17(20)18(21)19(14-22-4)15(2)12-13-16(19)3/h15-17H,5-14H2,1-4H3. The molecule has 0 bridgehead atoms. The van der Waals surface area contributed by atoms with Crippen LogP contribution >= 0.6 is 22.6 Å². The van der Waals surface area contributed by atoms with Crippen LogP contribution in [0.1, 0.15) is 78.6 Å². The lowest BCUT2D eigenvalue weighted by Gasteiger charge is -2.37. The van der Waals surface area contributed by atoms with Crippen LogP contribution in [0.25, 0.3) is 0 Å². The summed E-state index contributed by atoms with van der Waals surface area (Å²) in [6, 6.07) is 0. The van der Waals surface area contributed by atoms with Crippen LogP contribution in [0.15, 0.2) is 0 Å². The Kier molecular flexibility index (Phi) is 9.53. The normalized spacial score (nSPS) is 29.7. The van der Waals surface area contributed by atoms with Crippen molar-refractivity contribution in [3.05, 3.63) is 0 Å². The molecule has 3 heteroatoms. The Bertz CT molecular complexity index is 319. The summed E-state index contributed by atoms with van der Waals surface area (Å²) in [5, 5.41) is 0. The van der Waals surface area contributed by atoms with E-state index in [2.05, 4.69) is 43.4 Å². The third-order valence-corrected chi connectivity index (χ3v) is 6.92. The molecule has 1 saturated carbocycles. The summed E-state index contributed by atoms with van der Waals surface area (Å²) >= 11 is 2.39.